The maximum absolute atomic E-state index is 5.66. The predicted octanol–water partition coefficient (Wildman–Crippen LogP) is 3.26. The van der Waals surface area contributed by atoms with E-state index in [9.17, 15) is 0 Å². The van der Waals surface area contributed by atoms with E-state index < -0.39 is 0 Å². The van der Waals surface area contributed by atoms with Gasteiger partial charge in [0.05, 0.1) is 20.8 Å². The first-order chi connectivity index (χ1) is 8.31. The predicted molar refractivity (Wildman–Crippen MR) is 68.2 cm³/mol. The molecule has 0 bridgehead atoms. The summed E-state index contributed by atoms with van der Waals surface area (Å²) in [5, 5.41) is 2.03. The lowest BCUT2D eigenvalue weighted by atomic mass is 10.1. The molecule has 0 unspecified atom stereocenters. The number of hydrogen-bond acceptors (Lipinski definition) is 3. The Hall–Kier alpha value is -1.90. The Balaban J connectivity index is 2.75. The molecule has 3 nitrogen and oxygen atoms in total. The highest BCUT2D eigenvalue weighted by atomic mass is 16.5. The number of ether oxygens (including phenoxy) is 3. The number of fused-ring (bicyclic) bond motifs is 1. The lowest BCUT2D eigenvalue weighted by molar-refractivity contribution is 0.313. The van der Waals surface area contributed by atoms with Crippen LogP contribution in [0.5, 0.6) is 17.2 Å². The third-order valence-electron chi connectivity index (χ3n) is 2.65. The zero-order valence-electron chi connectivity index (χ0n) is 10.3. The first kappa shape index (κ1) is 11.6. The minimum absolute atomic E-state index is 0.604. The molecule has 0 aromatic heterocycles. The van der Waals surface area contributed by atoms with Crippen molar-refractivity contribution in [1.82, 2.24) is 0 Å². The summed E-state index contributed by atoms with van der Waals surface area (Å²) in [5.74, 6) is 2.26. The van der Waals surface area contributed by atoms with E-state index in [1.807, 2.05) is 37.3 Å². The second-order valence-electron chi connectivity index (χ2n) is 3.59. The monoisotopic (exact) mass is 232 g/mol. The molecule has 2 aromatic carbocycles. The lowest BCUT2D eigenvalue weighted by Crippen LogP contribution is -1.97. The highest BCUT2D eigenvalue weighted by Crippen LogP contribution is 2.41. The molecule has 0 aliphatic heterocycles. The van der Waals surface area contributed by atoms with E-state index in [2.05, 4.69) is 0 Å². The molecule has 0 saturated carbocycles. The standard InChI is InChI=1S/C14H16O3/c1-4-17-14-11-8-6-5-7-10(11)12(15-2)9-13(14)16-3/h5-9H,4H2,1-3H3. The van der Waals surface area contributed by atoms with Crippen LogP contribution < -0.4 is 14.2 Å². The summed E-state index contributed by atoms with van der Waals surface area (Å²) in [6.45, 7) is 2.56. The zero-order chi connectivity index (χ0) is 12.3. The van der Waals surface area contributed by atoms with Crippen LogP contribution >= 0.6 is 0 Å². The lowest BCUT2D eigenvalue weighted by Gasteiger charge is -2.14. The van der Waals surface area contributed by atoms with E-state index in [-0.39, 0.29) is 0 Å². The van der Waals surface area contributed by atoms with Gasteiger partial charge in [-0.15, -0.1) is 0 Å². The molecule has 0 aliphatic carbocycles. The largest absolute Gasteiger partial charge is 0.496 e. The molecule has 0 radical (unpaired) electrons. The molecule has 0 saturated heterocycles. The van der Waals surface area contributed by atoms with Gasteiger partial charge in [0.15, 0.2) is 11.5 Å². The SMILES string of the molecule is CCOc1c(OC)cc(OC)c2ccccc12. The topological polar surface area (TPSA) is 27.7 Å². The molecular formula is C14H16O3. The third kappa shape index (κ3) is 2.00. The van der Waals surface area contributed by atoms with Crippen molar-refractivity contribution in [3.8, 4) is 17.2 Å². The molecule has 0 fully saturated rings. The van der Waals surface area contributed by atoms with Crippen molar-refractivity contribution in [3.05, 3.63) is 30.3 Å². The van der Waals surface area contributed by atoms with Crippen molar-refractivity contribution in [1.29, 1.82) is 0 Å². The van der Waals surface area contributed by atoms with Crippen molar-refractivity contribution >= 4 is 10.8 Å². The van der Waals surface area contributed by atoms with Crippen molar-refractivity contribution in [2.24, 2.45) is 0 Å². The van der Waals surface area contributed by atoms with Gasteiger partial charge < -0.3 is 14.2 Å². The summed E-state index contributed by atoms with van der Waals surface area (Å²) < 4.78 is 16.4. The Bertz CT molecular complexity index is 520. The van der Waals surface area contributed by atoms with Gasteiger partial charge in [0, 0.05) is 16.8 Å². The maximum atomic E-state index is 5.66. The average molecular weight is 232 g/mol. The van der Waals surface area contributed by atoms with Crippen LogP contribution in [0.4, 0.5) is 0 Å². The fraction of sp³-hybridized carbons (Fsp3) is 0.286. The molecule has 0 atom stereocenters. The van der Waals surface area contributed by atoms with Crippen LogP contribution in [0.1, 0.15) is 6.92 Å². The second-order valence-corrected chi connectivity index (χ2v) is 3.59. The summed E-state index contributed by atoms with van der Waals surface area (Å²) in [4.78, 5) is 0. The minimum Gasteiger partial charge on any atom is -0.496 e. The van der Waals surface area contributed by atoms with Gasteiger partial charge >= 0.3 is 0 Å². The molecule has 0 spiro atoms. The van der Waals surface area contributed by atoms with E-state index in [0.717, 1.165) is 22.3 Å². The molecule has 0 heterocycles. The van der Waals surface area contributed by atoms with Gasteiger partial charge in [0.2, 0.25) is 0 Å². The smallest absolute Gasteiger partial charge is 0.169 e. The fourth-order valence-electron chi connectivity index (χ4n) is 1.90. The van der Waals surface area contributed by atoms with Crippen molar-refractivity contribution in [2.75, 3.05) is 20.8 Å². The molecule has 2 rings (SSSR count). The van der Waals surface area contributed by atoms with E-state index >= 15 is 0 Å². The molecular weight excluding hydrogens is 216 g/mol. The van der Waals surface area contributed by atoms with Gasteiger partial charge in [0.25, 0.3) is 0 Å². The summed E-state index contributed by atoms with van der Waals surface area (Å²) in [5.41, 5.74) is 0. The van der Waals surface area contributed by atoms with Crippen LogP contribution in [0, 0.1) is 0 Å². The molecule has 3 heteroatoms. The van der Waals surface area contributed by atoms with Crippen molar-refractivity contribution in [3.63, 3.8) is 0 Å². The van der Waals surface area contributed by atoms with Gasteiger partial charge in [-0.1, -0.05) is 24.3 Å². The van der Waals surface area contributed by atoms with Crippen LogP contribution in [0.2, 0.25) is 0 Å². The van der Waals surface area contributed by atoms with Gasteiger partial charge in [-0.05, 0) is 6.92 Å². The summed E-state index contributed by atoms with van der Waals surface area (Å²) >= 11 is 0. The third-order valence-corrected chi connectivity index (χ3v) is 2.65. The summed E-state index contributed by atoms with van der Waals surface area (Å²) in [7, 11) is 3.29. The zero-order valence-corrected chi connectivity index (χ0v) is 10.3. The Labute approximate surface area is 101 Å². The molecule has 2 aromatic rings. The van der Waals surface area contributed by atoms with E-state index in [4.69, 9.17) is 14.2 Å². The summed E-state index contributed by atoms with van der Waals surface area (Å²) in [6, 6.07) is 9.83. The van der Waals surface area contributed by atoms with Crippen LogP contribution in [0.3, 0.4) is 0 Å². The molecule has 0 N–H and O–H groups in total. The second kappa shape index (κ2) is 4.95. The molecule has 90 valence electrons. The highest BCUT2D eigenvalue weighted by Gasteiger charge is 2.13. The first-order valence-corrected chi connectivity index (χ1v) is 5.58. The Morgan fingerprint density at radius 3 is 2.18 bits per heavy atom. The molecule has 0 amide bonds. The van der Waals surface area contributed by atoms with Crippen LogP contribution in [-0.4, -0.2) is 20.8 Å². The molecule has 17 heavy (non-hydrogen) atoms. The Kier molecular flexibility index (Phi) is 3.38. The van der Waals surface area contributed by atoms with Crippen LogP contribution in [-0.2, 0) is 0 Å². The number of hydrogen-bond donors (Lipinski definition) is 0. The fourth-order valence-corrected chi connectivity index (χ4v) is 1.90. The van der Waals surface area contributed by atoms with E-state index in [1.54, 1.807) is 14.2 Å². The first-order valence-electron chi connectivity index (χ1n) is 5.58. The van der Waals surface area contributed by atoms with Crippen LogP contribution in [0.15, 0.2) is 30.3 Å². The number of rotatable bonds is 4. The van der Waals surface area contributed by atoms with E-state index in [1.165, 1.54) is 0 Å². The van der Waals surface area contributed by atoms with Crippen molar-refractivity contribution < 1.29 is 14.2 Å². The summed E-state index contributed by atoms with van der Waals surface area (Å²) in [6.07, 6.45) is 0. The quantitative estimate of drug-likeness (QED) is 0.809. The van der Waals surface area contributed by atoms with Crippen LogP contribution in [0.25, 0.3) is 10.8 Å². The minimum atomic E-state index is 0.604. The van der Waals surface area contributed by atoms with Gasteiger partial charge in [-0.25, -0.2) is 0 Å². The highest BCUT2D eigenvalue weighted by molar-refractivity contribution is 5.95. The maximum Gasteiger partial charge on any atom is 0.169 e. The Morgan fingerprint density at radius 1 is 0.941 bits per heavy atom. The Morgan fingerprint density at radius 2 is 1.59 bits per heavy atom. The number of methoxy groups -OCH3 is 2. The van der Waals surface area contributed by atoms with Gasteiger partial charge in [0.1, 0.15) is 5.75 Å². The van der Waals surface area contributed by atoms with Gasteiger partial charge in [-0.2, -0.15) is 0 Å². The number of benzene rings is 2. The normalized spacial score (nSPS) is 10.3. The average Bonchev–Trinajstić information content (AvgIpc) is 2.39. The van der Waals surface area contributed by atoms with Gasteiger partial charge in [-0.3, -0.25) is 0 Å². The molecule has 0 aliphatic rings. The van der Waals surface area contributed by atoms with Crippen molar-refractivity contribution in [2.45, 2.75) is 6.92 Å². The van der Waals surface area contributed by atoms with E-state index in [0.29, 0.717) is 12.4 Å².